The molecule has 0 aromatic heterocycles. The Balaban J connectivity index is 1.30. The molecule has 36 heavy (non-hydrogen) atoms. The fourth-order valence-corrected chi connectivity index (χ4v) is 4.32. The molecule has 1 aliphatic rings. The quantitative estimate of drug-likeness (QED) is 0.498. The summed E-state index contributed by atoms with van der Waals surface area (Å²) in [5.74, 6) is 0.275. The number of amides is 3. The van der Waals surface area contributed by atoms with E-state index in [0.717, 1.165) is 5.56 Å². The lowest BCUT2D eigenvalue weighted by Gasteiger charge is -2.33. The van der Waals surface area contributed by atoms with Gasteiger partial charge in [-0.25, -0.2) is 0 Å². The molecule has 7 nitrogen and oxygen atoms in total. The van der Waals surface area contributed by atoms with E-state index in [1.807, 2.05) is 30.3 Å². The van der Waals surface area contributed by atoms with Crippen LogP contribution in [0, 0.1) is 0 Å². The number of aryl methyl sites for hydroxylation is 1. The van der Waals surface area contributed by atoms with Crippen LogP contribution in [-0.4, -0.2) is 48.9 Å². The van der Waals surface area contributed by atoms with E-state index in [4.69, 9.17) is 4.74 Å². The lowest BCUT2D eigenvalue weighted by Crippen LogP contribution is -2.46. The maximum absolute atomic E-state index is 13.3. The van der Waals surface area contributed by atoms with Crippen LogP contribution in [0.1, 0.15) is 45.5 Å². The van der Waals surface area contributed by atoms with Crippen LogP contribution in [0.5, 0.6) is 5.75 Å². The standard InChI is InChI=1S/C29H31N3O4/c1-36-24-14-12-22(13-15-24)28(34)31-26-10-6-5-9-25(26)29(35)32-19-17-23(18-20-32)30-27(33)16-11-21-7-3-2-4-8-21/h2-10,12-15,23H,11,16-20H2,1H3,(H,30,33)(H,31,34). The SMILES string of the molecule is COc1ccc(C(=O)Nc2ccccc2C(=O)N2CCC(NC(=O)CCc3ccccc3)CC2)cc1. The summed E-state index contributed by atoms with van der Waals surface area (Å²) in [5, 5.41) is 5.97. The lowest BCUT2D eigenvalue weighted by molar-refractivity contribution is -0.122. The Morgan fingerprint density at radius 3 is 2.25 bits per heavy atom. The zero-order chi connectivity index (χ0) is 25.3. The Kier molecular flexibility index (Phi) is 8.34. The van der Waals surface area contributed by atoms with Crippen LogP contribution in [0.2, 0.25) is 0 Å². The third-order valence-corrected chi connectivity index (χ3v) is 6.39. The molecule has 0 aliphatic carbocycles. The van der Waals surface area contributed by atoms with Gasteiger partial charge in [-0.3, -0.25) is 14.4 Å². The van der Waals surface area contributed by atoms with Crippen molar-refractivity contribution in [3.63, 3.8) is 0 Å². The monoisotopic (exact) mass is 485 g/mol. The molecule has 1 aliphatic heterocycles. The van der Waals surface area contributed by atoms with Crippen molar-refractivity contribution >= 4 is 23.4 Å². The fraction of sp³-hybridized carbons (Fsp3) is 0.276. The topological polar surface area (TPSA) is 87.7 Å². The van der Waals surface area contributed by atoms with Gasteiger partial charge in [0.25, 0.3) is 11.8 Å². The summed E-state index contributed by atoms with van der Waals surface area (Å²) in [6, 6.07) is 23.8. The molecule has 186 valence electrons. The summed E-state index contributed by atoms with van der Waals surface area (Å²) in [7, 11) is 1.57. The first-order valence-electron chi connectivity index (χ1n) is 12.2. The maximum Gasteiger partial charge on any atom is 0.255 e. The molecule has 1 saturated heterocycles. The van der Waals surface area contributed by atoms with Gasteiger partial charge >= 0.3 is 0 Å². The molecule has 3 aromatic rings. The molecule has 1 heterocycles. The predicted molar refractivity (Wildman–Crippen MR) is 139 cm³/mol. The van der Waals surface area contributed by atoms with Gasteiger partial charge in [0.2, 0.25) is 5.91 Å². The van der Waals surface area contributed by atoms with E-state index >= 15 is 0 Å². The van der Waals surface area contributed by atoms with Gasteiger partial charge in [-0.15, -0.1) is 0 Å². The number of carbonyl (C=O) groups is 3. The molecule has 0 spiro atoms. The van der Waals surface area contributed by atoms with Crippen molar-refractivity contribution in [2.45, 2.75) is 31.7 Å². The average Bonchev–Trinajstić information content (AvgIpc) is 2.93. The molecular formula is C29H31N3O4. The zero-order valence-corrected chi connectivity index (χ0v) is 20.4. The van der Waals surface area contributed by atoms with E-state index in [9.17, 15) is 14.4 Å². The van der Waals surface area contributed by atoms with Crippen LogP contribution in [0.15, 0.2) is 78.9 Å². The molecular weight excluding hydrogens is 454 g/mol. The van der Waals surface area contributed by atoms with Gasteiger partial charge in [-0.1, -0.05) is 42.5 Å². The summed E-state index contributed by atoms with van der Waals surface area (Å²) in [6.45, 7) is 1.09. The van der Waals surface area contributed by atoms with E-state index in [0.29, 0.717) is 61.3 Å². The predicted octanol–water partition coefficient (Wildman–Crippen LogP) is 4.30. The number of nitrogens with zero attached hydrogens (tertiary/aromatic N) is 1. The van der Waals surface area contributed by atoms with Crippen LogP contribution in [0.25, 0.3) is 0 Å². The number of likely N-dealkylation sites (tertiary alicyclic amines) is 1. The second-order valence-electron chi connectivity index (χ2n) is 8.85. The molecule has 7 heteroatoms. The number of rotatable bonds is 8. The number of hydrogen-bond donors (Lipinski definition) is 2. The summed E-state index contributed by atoms with van der Waals surface area (Å²) in [4.78, 5) is 40.2. The Morgan fingerprint density at radius 1 is 0.889 bits per heavy atom. The maximum atomic E-state index is 13.3. The fourth-order valence-electron chi connectivity index (χ4n) is 4.32. The number of nitrogens with one attached hydrogen (secondary N) is 2. The Morgan fingerprint density at radius 2 is 1.56 bits per heavy atom. The second-order valence-corrected chi connectivity index (χ2v) is 8.85. The number of piperidine rings is 1. The smallest absolute Gasteiger partial charge is 0.255 e. The molecule has 0 saturated carbocycles. The first kappa shape index (κ1) is 25.0. The van der Waals surface area contributed by atoms with Crippen LogP contribution >= 0.6 is 0 Å². The molecule has 0 atom stereocenters. The molecule has 3 aromatic carbocycles. The van der Waals surface area contributed by atoms with Crippen LogP contribution in [0.4, 0.5) is 5.69 Å². The van der Waals surface area contributed by atoms with Crippen molar-refractivity contribution in [1.82, 2.24) is 10.2 Å². The number of para-hydroxylation sites is 1. The van der Waals surface area contributed by atoms with E-state index in [-0.39, 0.29) is 23.8 Å². The number of anilines is 1. The number of ether oxygens (including phenoxy) is 1. The van der Waals surface area contributed by atoms with Crippen LogP contribution < -0.4 is 15.4 Å². The molecule has 3 amide bonds. The van der Waals surface area contributed by atoms with Gasteiger partial charge in [0.05, 0.1) is 18.4 Å². The molecule has 0 bridgehead atoms. The highest BCUT2D eigenvalue weighted by atomic mass is 16.5. The van der Waals surface area contributed by atoms with E-state index < -0.39 is 0 Å². The van der Waals surface area contributed by atoms with E-state index in [1.54, 1.807) is 60.5 Å². The Labute approximate surface area is 211 Å². The Bertz CT molecular complexity index is 1190. The molecule has 1 fully saturated rings. The first-order chi connectivity index (χ1) is 17.5. The number of hydrogen-bond acceptors (Lipinski definition) is 4. The number of methoxy groups -OCH3 is 1. The van der Waals surface area contributed by atoms with Crippen molar-refractivity contribution in [3.05, 3.63) is 95.6 Å². The van der Waals surface area contributed by atoms with Gasteiger partial charge in [0.15, 0.2) is 0 Å². The zero-order valence-electron chi connectivity index (χ0n) is 20.4. The normalized spacial score (nSPS) is 13.6. The minimum absolute atomic E-state index is 0.0372. The summed E-state index contributed by atoms with van der Waals surface area (Å²) >= 11 is 0. The van der Waals surface area contributed by atoms with Crippen molar-refractivity contribution in [3.8, 4) is 5.75 Å². The summed E-state index contributed by atoms with van der Waals surface area (Å²) in [6.07, 6.45) is 2.56. The minimum Gasteiger partial charge on any atom is -0.497 e. The highest BCUT2D eigenvalue weighted by Gasteiger charge is 2.26. The largest absolute Gasteiger partial charge is 0.497 e. The van der Waals surface area contributed by atoms with Gasteiger partial charge in [-0.05, 0) is 61.2 Å². The molecule has 0 radical (unpaired) electrons. The van der Waals surface area contributed by atoms with E-state index in [2.05, 4.69) is 10.6 Å². The molecule has 4 rings (SSSR count). The van der Waals surface area contributed by atoms with E-state index in [1.165, 1.54) is 0 Å². The third-order valence-electron chi connectivity index (χ3n) is 6.39. The molecule has 0 unspecified atom stereocenters. The van der Waals surface area contributed by atoms with Crippen LogP contribution in [-0.2, 0) is 11.2 Å². The van der Waals surface area contributed by atoms with Crippen molar-refractivity contribution in [2.75, 3.05) is 25.5 Å². The summed E-state index contributed by atoms with van der Waals surface area (Å²) in [5.41, 5.74) is 2.54. The van der Waals surface area contributed by atoms with Crippen LogP contribution in [0.3, 0.4) is 0 Å². The van der Waals surface area contributed by atoms with Crippen molar-refractivity contribution in [1.29, 1.82) is 0 Å². The first-order valence-corrected chi connectivity index (χ1v) is 12.2. The van der Waals surface area contributed by atoms with Gasteiger partial charge in [0.1, 0.15) is 5.75 Å². The van der Waals surface area contributed by atoms with Gasteiger partial charge in [0, 0.05) is 31.1 Å². The van der Waals surface area contributed by atoms with Gasteiger partial charge < -0.3 is 20.3 Å². The lowest BCUT2D eigenvalue weighted by atomic mass is 10.0. The number of carbonyl (C=O) groups excluding carboxylic acids is 3. The number of benzene rings is 3. The molecule has 2 N–H and O–H groups in total. The highest BCUT2D eigenvalue weighted by Crippen LogP contribution is 2.22. The average molecular weight is 486 g/mol. The highest BCUT2D eigenvalue weighted by molar-refractivity contribution is 6.09. The van der Waals surface area contributed by atoms with Crippen molar-refractivity contribution in [2.24, 2.45) is 0 Å². The van der Waals surface area contributed by atoms with Crippen molar-refractivity contribution < 1.29 is 19.1 Å². The second kappa shape index (κ2) is 12.0. The minimum atomic E-state index is -0.296. The van der Waals surface area contributed by atoms with Gasteiger partial charge in [-0.2, -0.15) is 0 Å². The Hall–Kier alpha value is -4.13. The third kappa shape index (κ3) is 6.50. The summed E-state index contributed by atoms with van der Waals surface area (Å²) < 4.78 is 5.14.